The topological polar surface area (TPSA) is 492 Å². The largest absolute Gasteiger partial charge is 0.400 e. The van der Waals surface area contributed by atoms with Crippen LogP contribution in [0, 0.1) is 0 Å². The quantitative estimate of drug-likeness (QED) is 0.0144. The number of nitrogens with one attached hydrogen (secondary N) is 16. The number of nitrogens with two attached hydrogens (primary N) is 2. The number of nitrogens with zero attached hydrogens (tertiary/aromatic N) is 8. The van der Waals surface area contributed by atoms with Crippen molar-refractivity contribution in [3.63, 3.8) is 0 Å². The maximum atomic E-state index is 14.0. The molecule has 0 saturated heterocycles. The van der Waals surface area contributed by atoms with Gasteiger partial charge in [-0.3, -0.25) is 57.6 Å². The first kappa shape index (κ1) is 121. The van der Waals surface area contributed by atoms with E-state index in [2.05, 4.69) is 104 Å². The first-order chi connectivity index (χ1) is 62.6. The van der Waals surface area contributed by atoms with Crippen molar-refractivity contribution >= 4 is 77.6 Å². The average molecular weight is 1830 g/mol. The highest BCUT2D eigenvalue weighted by atomic mass is 16.2. The normalized spacial score (nSPS) is 11.5. The fourth-order valence-corrected chi connectivity index (χ4v) is 14.1. The zero-order valence-corrected chi connectivity index (χ0v) is 80.9. The van der Waals surface area contributed by atoms with Crippen molar-refractivity contribution in [2.24, 2.45) is 11.6 Å². The molecule has 0 fully saturated rings. The lowest BCUT2D eigenvalue weighted by atomic mass is 10.0. The number of rotatable bonds is 94. The van der Waals surface area contributed by atoms with Crippen molar-refractivity contribution in [2.45, 2.75) is 206 Å². The Labute approximate surface area is 774 Å². The van der Waals surface area contributed by atoms with Crippen LogP contribution in [0.5, 0.6) is 0 Å². The number of hydrogen-bond donors (Lipinski definition) is 18. The third-order valence-electron chi connectivity index (χ3n) is 21.9. The molecule has 0 aromatic carbocycles. The molecular weight excluding hydrogens is 1650 g/mol. The summed E-state index contributed by atoms with van der Waals surface area (Å²) in [5, 5.41) is 49.0. The van der Waals surface area contributed by atoms with E-state index in [0.29, 0.717) is 169 Å². The van der Waals surface area contributed by atoms with E-state index < -0.39 is 0 Å². The zero-order chi connectivity index (χ0) is 95.1. The maximum Gasteiger partial charge on any atom is 0.221 e. The molecule has 39 nitrogen and oxygen atoms in total. The van der Waals surface area contributed by atoms with Gasteiger partial charge in [-0.1, -0.05) is 110 Å². The van der Waals surface area contributed by atoms with Gasteiger partial charge in [-0.05, 0) is 54.6 Å². The van der Waals surface area contributed by atoms with Gasteiger partial charge in [0, 0.05) is 338 Å². The Balaban J connectivity index is 6.72. The van der Waals surface area contributed by atoms with Gasteiger partial charge in [0.05, 0.1) is 0 Å². The molecule has 11 amide bonds. The van der Waals surface area contributed by atoms with Crippen molar-refractivity contribution in [3.8, 4) is 0 Å². The molecule has 0 aliphatic heterocycles. The van der Waals surface area contributed by atoms with Gasteiger partial charge in [0.2, 0.25) is 65.0 Å². The van der Waals surface area contributed by atoms with Crippen LogP contribution < -0.4 is 96.6 Å². The molecule has 0 atom stereocenters. The van der Waals surface area contributed by atoms with Crippen molar-refractivity contribution in [3.05, 3.63) is 11.9 Å². The third-order valence-corrected chi connectivity index (χ3v) is 21.9. The molecular formula is C90H180N26O13. The Morgan fingerprint density at radius 2 is 0.419 bits per heavy atom. The first-order valence-electron chi connectivity index (χ1n) is 48.6. The van der Waals surface area contributed by atoms with E-state index in [9.17, 15) is 62.3 Å². The Morgan fingerprint density at radius 3 is 0.628 bits per heavy atom. The predicted molar refractivity (Wildman–Crippen MR) is 513 cm³/mol. The van der Waals surface area contributed by atoms with Gasteiger partial charge >= 0.3 is 0 Å². The number of likely N-dealkylation sites (N-methyl/N-ethyl adjacent to an activating group) is 5. The highest BCUT2D eigenvalue weighted by molar-refractivity contribution is 5.80. The molecule has 0 aromatic heterocycles. The molecule has 0 unspecified atom stereocenters. The summed E-state index contributed by atoms with van der Waals surface area (Å²) in [5.74, 6) is 4.52. The number of carbonyl (C=O) groups excluding carboxylic acids is 13. The number of unbranched alkanes of at least 4 members (excludes halogenated alkanes) is 15. The number of amides is 11. The summed E-state index contributed by atoms with van der Waals surface area (Å²) in [5.41, 5.74) is 7.18. The van der Waals surface area contributed by atoms with Crippen LogP contribution in [0.25, 0.3) is 0 Å². The molecule has 0 saturated carbocycles. The highest BCUT2D eigenvalue weighted by Crippen LogP contribution is 2.15. The van der Waals surface area contributed by atoms with Crippen LogP contribution in [0.4, 0.5) is 0 Å². The van der Waals surface area contributed by atoms with Crippen molar-refractivity contribution in [1.82, 2.24) is 124 Å². The van der Waals surface area contributed by atoms with E-state index in [1.54, 1.807) is 39.4 Å². The minimum Gasteiger partial charge on any atom is -0.400 e. The molecule has 0 rings (SSSR count). The monoisotopic (exact) mass is 1830 g/mol. The fraction of sp³-hybridized carbons (Fsp3) is 0.833. The minimum atomic E-state index is -0.287. The minimum absolute atomic E-state index is 0.0227. The molecule has 748 valence electrons. The van der Waals surface area contributed by atoms with E-state index >= 15 is 0 Å². The number of hydrogen-bond acceptors (Lipinski definition) is 28. The van der Waals surface area contributed by atoms with Gasteiger partial charge in [-0.2, -0.15) is 0 Å². The molecule has 0 aliphatic rings. The SMILES string of the molecule is CCCCCCCCCCCCCCCCCCN(N)/C=C(\N)CN(CCC(=O)NCCN(CCC(=O)NCCN(CCC=O)CCC(=O)NCCNC)CCC(=O)NCCN(CCC=O)CCC(=O)NCCNC)CCC(=O)NCCN(CCC(=O)NCCN(CCC)CCC(=O)NCCNC)CCC(=O)NCCN(CCC(=O)NCCNC)CCC(=O)NCCNC. The van der Waals surface area contributed by atoms with Crippen LogP contribution in [0.3, 0.4) is 0 Å². The second-order valence-corrected chi connectivity index (χ2v) is 33.1. The molecule has 0 spiro atoms. The first-order valence-corrected chi connectivity index (χ1v) is 48.6. The number of hydrazine groups is 1. The molecule has 0 aromatic rings. The molecule has 0 radical (unpaired) electrons. The summed E-state index contributed by atoms with van der Waals surface area (Å²) in [6.45, 7) is 19.6. The van der Waals surface area contributed by atoms with Crippen LogP contribution in [0.2, 0.25) is 0 Å². The van der Waals surface area contributed by atoms with Gasteiger partial charge in [0.1, 0.15) is 12.6 Å². The lowest BCUT2D eigenvalue weighted by Gasteiger charge is -2.25. The van der Waals surface area contributed by atoms with Gasteiger partial charge in [0.15, 0.2) is 0 Å². The summed E-state index contributed by atoms with van der Waals surface area (Å²) in [6.07, 6.45) is 26.3. The van der Waals surface area contributed by atoms with Crippen molar-refractivity contribution in [2.75, 3.05) is 284 Å². The van der Waals surface area contributed by atoms with E-state index in [0.717, 1.165) is 44.8 Å². The van der Waals surface area contributed by atoms with E-state index in [1.807, 2.05) is 36.4 Å². The number of carbonyl (C=O) groups is 13. The number of aldehydes is 2. The Morgan fingerprint density at radius 1 is 0.225 bits per heavy atom. The average Bonchev–Trinajstić information content (AvgIpc) is 0.929. The van der Waals surface area contributed by atoms with Crippen LogP contribution >= 0.6 is 0 Å². The summed E-state index contributed by atoms with van der Waals surface area (Å²) >= 11 is 0. The lowest BCUT2D eigenvalue weighted by molar-refractivity contribution is -0.123. The highest BCUT2D eigenvalue weighted by Gasteiger charge is 2.21. The Bertz CT molecular complexity index is 2850. The maximum absolute atomic E-state index is 14.0. The van der Waals surface area contributed by atoms with Crippen LogP contribution in [0.1, 0.15) is 206 Å². The molecule has 20 N–H and O–H groups in total. The second kappa shape index (κ2) is 88.3. The zero-order valence-electron chi connectivity index (χ0n) is 80.9. The van der Waals surface area contributed by atoms with Crippen LogP contribution in [-0.4, -0.2) is 401 Å². The van der Waals surface area contributed by atoms with E-state index in [4.69, 9.17) is 11.6 Å². The molecule has 0 heterocycles. The molecule has 0 bridgehead atoms. The second-order valence-electron chi connectivity index (χ2n) is 33.1. The lowest BCUT2D eigenvalue weighted by Crippen LogP contribution is -2.42. The fourth-order valence-electron chi connectivity index (χ4n) is 14.1. The van der Waals surface area contributed by atoms with Gasteiger partial charge in [0.25, 0.3) is 0 Å². The van der Waals surface area contributed by atoms with Crippen molar-refractivity contribution < 1.29 is 62.3 Å². The molecule has 39 heteroatoms. The molecule has 129 heavy (non-hydrogen) atoms. The summed E-state index contributed by atoms with van der Waals surface area (Å²) in [7, 11) is 9.03. The third kappa shape index (κ3) is 79.8. The standard InChI is InChI=1S/C90H180N26O13/c1-8-10-11-12-13-14-15-16-17-18-19-20-21-22-23-24-57-116(92)78-79(91)77-115(68-37-90(129)108-53-74-114(64-33-86(125)104-49-70-110(55-25-75-117)59-28-81(120)99-44-39-94-4)65-34-87(126)105-50-71-111(56-26-76-118)60-29-82(121)100-45-40-95-5)67-36-89(128)107-52-73-113(63-32-85(124)103-48-69-109(54-9-2)58-27-80(119)98-43-38-93-3)66-35-88(127)106-51-72-112(61-30-83(122)101-46-41-96-6)62-31-84(123)102-47-42-97-7/h75-76,78,93-97H,8-74,77,91-92H2,1-7H3,(H,98,119)(H,99,120)(H,100,121)(H,101,122)(H,102,123)(H,103,124)(H,104,125)(H,105,126)(H,106,127)(H,107,128)(H,108,129)/b79-78-. The van der Waals surface area contributed by atoms with Crippen molar-refractivity contribution in [1.29, 1.82) is 0 Å². The van der Waals surface area contributed by atoms with Gasteiger partial charge < -0.3 is 135 Å². The van der Waals surface area contributed by atoms with Crippen LogP contribution in [0.15, 0.2) is 11.9 Å². The van der Waals surface area contributed by atoms with Crippen LogP contribution in [-0.2, 0) is 62.3 Å². The molecule has 0 aliphatic carbocycles. The summed E-state index contributed by atoms with van der Waals surface area (Å²) in [6, 6.07) is 0. The van der Waals surface area contributed by atoms with E-state index in [-0.39, 0.29) is 227 Å². The smallest absolute Gasteiger partial charge is 0.221 e. The summed E-state index contributed by atoms with van der Waals surface area (Å²) < 4.78 is 0. The predicted octanol–water partition coefficient (Wildman–Crippen LogP) is -1.41. The van der Waals surface area contributed by atoms with Gasteiger partial charge in [-0.25, -0.2) is 5.84 Å². The Kier molecular flexibility index (Phi) is 83.0. The summed E-state index contributed by atoms with van der Waals surface area (Å²) in [4.78, 5) is 181. The Hall–Kier alpha value is -7.67. The van der Waals surface area contributed by atoms with Gasteiger partial charge in [-0.15, -0.1) is 0 Å². The van der Waals surface area contributed by atoms with E-state index in [1.165, 1.54) is 83.5 Å².